The second-order valence-electron chi connectivity index (χ2n) is 3.94. The lowest BCUT2D eigenvalue weighted by Gasteiger charge is -2.09. The Morgan fingerprint density at radius 1 is 1.31 bits per heavy atom. The third-order valence-electron chi connectivity index (χ3n) is 2.13. The molecule has 0 aliphatic heterocycles. The quantitative estimate of drug-likeness (QED) is 0.594. The van der Waals surface area contributed by atoms with Gasteiger partial charge in [0.25, 0.3) is 0 Å². The van der Waals surface area contributed by atoms with E-state index >= 15 is 0 Å². The number of esters is 1. The molecular formula is C12H18N2O2. The SMILES string of the molecule is CN(C)CCOC(=O)Cc1ccc(N)cc1. The van der Waals surface area contributed by atoms with Gasteiger partial charge in [0.05, 0.1) is 6.42 Å². The van der Waals surface area contributed by atoms with Crippen molar-refractivity contribution in [3.63, 3.8) is 0 Å². The maximum atomic E-state index is 11.4. The normalized spacial score (nSPS) is 10.4. The van der Waals surface area contributed by atoms with Crippen molar-refractivity contribution >= 4 is 11.7 Å². The molecule has 1 rings (SSSR count). The van der Waals surface area contributed by atoms with Gasteiger partial charge in [0.2, 0.25) is 0 Å². The highest BCUT2D eigenvalue weighted by Gasteiger charge is 2.04. The molecule has 0 saturated heterocycles. The molecule has 4 nitrogen and oxygen atoms in total. The molecule has 2 N–H and O–H groups in total. The molecule has 0 unspecified atom stereocenters. The predicted molar refractivity (Wildman–Crippen MR) is 64.1 cm³/mol. The largest absolute Gasteiger partial charge is 0.464 e. The number of hydrogen-bond acceptors (Lipinski definition) is 4. The molecule has 0 aliphatic rings. The van der Waals surface area contributed by atoms with Crippen LogP contribution in [-0.2, 0) is 16.0 Å². The molecule has 0 fully saturated rings. The Bertz CT molecular complexity index is 333. The number of carbonyl (C=O) groups excluding carboxylic acids is 1. The number of nitrogens with zero attached hydrogens (tertiary/aromatic N) is 1. The molecule has 0 aromatic heterocycles. The number of ether oxygens (including phenoxy) is 1. The van der Waals surface area contributed by atoms with E-state index in [1.807, 2.05) is 31.1 Å². The molecule has 4 heteroatoms. The number of nitrogen functional groups attached to an aromatic ring is 1. The van der Waals surface area contributed by atoms with Crippen LogP contribution in [0.4, 0.5) is 5.69 Å². The van der Waals surface area contributed by atoms with Crippen molar-refractivity contribution in [3.05, 3.63) is 29.8 Å². The Hall–Kier alpha value is -1.55. The van der Waals surface area contributed by atoms with Crippen LogP contribution in [0.2, 0.25) is 0 Å². The number of rotatable bonds is 5. The highest BCUT2D eigenvalue weighted by Crippen LogP contribution is 2.06. The molecule has 0 atom stereocenters. The van der Waals surface area contributed by atoms with Gasteiger partial charge in [-0.25, -0.2) is 0 Å². The number of anilines is 1. The van der Waals surface area contributed by atoms with Crippen LogP contribution in [0.15, 0.2) is 24.3 Å². The summed E-state index contributed by atoms with van der Waals surface area (Å²) in [6.07, 6.45) is 0.299. The smallest absolute Gasteiger partial charge is 0.310 e. The Morgan fingerprint density at radius 3 is 2.50 bits per heavy atom. The minimum atomic E-state index is -0.202. The molecule has 0 heterocycles. The van der Waals surface area contributed by atoms with Crippen molar-refractivity contribution in [2.24, 2.45) is 0 Å². The molecule has 88 valence electrons. The molecular weight excluding hydrogens is 204 g/mol. The number of carbonyl (C=O) groups is 1. The minimum Gasteiger partial charge on any atom is -0.464 e. The van der Waals surface area contributed by atoms with Crippen molar-refractivity contribution in [1.82, 2.24) is 4.90 Å². The van der Waals surface area contributed by atoms with Gasteiger partial charge in [-0.05, 0) is 31.8 Å². The molecule has 1 aromatic carbocycles. The lowest BCUT2D eigenvalue weighted by atomic mass is 10.1. The average Bonchev–Trinajstić information content (AvgIpc) is 2.21. The van der Waals surface area contributed by atoms with Crippen molar-refractivity contribution < 1.29 is 9.53 Å². The number of likely N-dealkylation sites (N-methyl/N-ethyl adjacent to an activating group) is 1. The molecule has 1 aromatic rings. The minimum absolute atomic E-state index is 0.202. The van der Waals surface area contributed by atoms with Crippen molar-refractivity contribution in [2.75, 3.05) is 33.0 Å². The third kappa shape index (κ3) is 4.79. The van der Waals surface area contributed by atoms with Gasteiger partial charge in [0.15, 0.2) is 0 Å². The summed E-state index contributed by atoms with van der Waals surface area (Å²) in [5.74, 6) is -0.202. The molecule has 0 aliphatic carbocycles. The monoisotopic (exact) mass is 222 g/mol. The fraction of sp³-hybridized carbons (Fsp3) is 0.417. The van der Waals surface area contributed by atoms with Crippen LogP contribution in [0.25, 0.3) is 0 Å². The van der Waals surface area contributed by atoms with Crippen LogP contribution in [0.1, 0.15) is 5.56 Å². The van der Waals surface area contributed by atoms with E-state index in [1.165, 1.54) is 0 Å². The van der Waals surface area contributed by atoms with Crippen LogP contribution in [-0.4, -0.2) is 38.1 Å². The maximum absolute atomic E-state index is 11.4. The Morgan fingerprint density at radius 2 is 1.94 bits per heavy atom. The zero-order valence-electron chi connectivity index (χ0n) is 9.77. The number of nitrogens with two attached hydrogens (primary N) is 1. The first-order valence-corrected chi connectivity index (χ1v) is 5.22. The van der Waals surface area contributed by atoms with E-state index < -0.39 is 0 Å². The first kappa shape index (κ1) is 12.5. The maximum Gasteiger partial charge on any atom is 0.310 e. The standard InChI is InChI=1S/C12H18N2O2/c1-14(2)7-8-16-12(15)9-10-3-5-11(13)6-4-10/h3-6H,7-9,13H2,1-2H3. The summed E-state index contributed by atoms with van der Waals surface area (Å²) < 4.78 is 5.08. The van der Waals surface area contributed by atoms with Crippen molar-refractivity contribution in [2.45, 2.75) is 6.42 Å². The molecule has 16 heavy (non-hydrogen) atoms. The lowest BCUT2D eigenvalue weighted by molar-refractivity contribution is -0.143. The van der Waals surface area contributed by atoms with E-state index in [1.54, 1.807) is 12.1 Å². The van der Waals surface area contributed by atoms with Gasteiger partial charge in [-0.2, -0.15) is 0 Å². The summed E-state index contributed by atoms with van der Waals surface area (Å²) in [5.41, 5.74) is 7.17. The molecule has 0 amide bonds. The van der Waals surface area contributed by atoms with Crippen LogP contribution in [0.3, 0.4) is 0 Å². The van der Waals surface area contributed by atoms with Gasteiger partial charge in [-0.15, -0.1) is 0 Å². The Kier molecular flexibility index (Phi) is 4.79. The highest BCUT2D eigenvalue weighted by atomic mass is 16.5. The van der Waals surface area contributed by atoms with E-state index in [2.05, 4.69) is 0 Å². The zero-order valence-corrected chi connectivity index (χ0v) is 9.77. The zero-order chi connectivity index (χ0) is 12.0. The topological polar surface area (TPSA) is 55.6 Å². The van der Waals surface area contributed by atoms with Gasteiger partial charge in [-0.3, -0.25) is 4.79 Å². The van der Waals surface area contributed by atoms with Gasteiger partial charge < -0.3 is 15.4 Å². The van der Waals surface area contributed by atoms with Crippen molar-refractivity contribution in [3.8, 4) is 0 Å². The third-order valence-corrected chi connectivity index (χ3v) is 2.13. The first-order valence-electron chi connectivity index (χ1n) is 5.22. The van der Waals surface area contributed by atoms with Crippen LogP contribution in [0, 0.1) is 0 Å². The van der Waals surface area contributed by atoms with E-state index in [0.29, 0.717) is 18.7 Å². The highest BCUT2D eigenvalue weighted by molar-refractivity contribution is 5.72. The summed E-state index contributed by atoms with van der Waals surface area (Å²) in [7, 11) is 3.88. The summed E-state index contributed by atoms with van der Waals surface area (Å²) in [6.45, 7) is 1.17. The summed E-state index contributed by atoms with van der Waals surface area (Å²) >= 11 is 0. The van der Waals surface area contributed by atoms with E-state index in [9.17, 15) is 4.79 Å². The second kappa shape index (κ2) is 6.12. The second-order valence-corrected chi connectivity index (χ2v) is 3.94. The Labute approximate surface area is 96.0 Å². The summed E-state index contributed by atoms with van der Waals surface area (Å²) in [4.78, 5) is 13.4. The lowest BCUT2D eigenvalue weighted by Crippen LogP contribution is -2.20. The van der Waals surface area contributed by atoms with Gasteiger partial charge in [0.1, 0.15) is 6.61 Å². The summed E-state index contributed by atoms with van der Waals surface area (Å²) in [5, 5.41) is 0. The first-order chi connectivity index (χ1) is 7.58. The molecule has 0 radical (unpaired) electrons. The fourth-order valence-corrected chi connectivity index (χ4v) is 1.20. The number of hydrogen-bond donors (Lipinski definition) is 1. The average molecular weight is 222 g/mol. The number of benzene rings is 1. The molecule has 0 spiro atoms. The Balaban J connectivity index is 2.31. The predicted octanol–water partition coefficient (Wildman–Crippen LogP) is 0.916. The van der Waals surface area contributed by atoms with Crippen LogP contribution in [0.5, 0.6) is 0 Å². The van der Waals surface area contributed by atoms with Crippen LogP contribution < -0.4 is 5.73 Å². The van der Waals surface area contributed by atoms with Crippen molar-refractivity contribution in [1.29, 1.82) is 0 Å². The van der Waals surface area contributed by atoms with E-state index in [0.717, 1.165) is 12.1 Å². The fourth-order valence-electron chi connectivity index (χ4n) is 1.20. The van der Waals surface area contributed by atoms with Gasteiger partial charge >= 0.3 is 5.97 Å². The van der Waals surface area contributed by atoms with E-state index in [-0.39, 0.29) is 5.97 Å². The van der Waals surface area contributed by atoms with E-state index in [4.69, 9.17) is 10.5 Å². The van der Waals surface area contributed by atoms with Crippen LogP contribution >= 0.6 is 0 Å². The van der Waals surface area contributed by atoms with Gasteiger partial charge in [-0.1, -0.05) is 12.1 Å². The van der Waals surface area contributed by atoms with Gasteiger partial charge in [0, 0.05) is 12.2 Å². The molecule has 0 saturated carbocycles. The molecule has 0 bridgehead atoms. The summed E-state index contributed by atoms with van der Waals surface area (Å²) in [6, 6.07) is 7.23.